The fraction of sp³-hybridized carbons (Fsp3) is 0.522. The summed E-state index contributed by atoms with van der Waals surface area (Å²) in [6, 6.07) is 13.3. The summed E-state index contributed by atoms with van der Waals surface area (Å²) in [6.07, 6.45) is 9.41. The lowest BCUT2D eigenvalue weighted by Gasteiger charge is -2.35. The van der Waals surface area contributed by atoms with Crippen molar-refractivity contribution in [2.75, 3.05) is 31.1 Å². The van der Waals surface area contributed by atoms with E-state index in [0.717, 1.165) is 25.3 Å². The number of anilines is 2. The maximum Gasteiger partial charge on any atom is 0.136 e. The molecule has 3 heteroatoms. The molecule has 1 saturated heterocycles. The van der Waals surface area contributed by atoms with Crippen molar-refractivity contribution in [3.05, 3.63) is 53.7 Å². The monoisotopic (exact) mass is 349 g/mol. The minimum Gasteiger partial charge on any atom is -0.326 e. The van der Waals surface area contributed by atoms with Gasteiger partial charge in [0.2, 0.25) is 0 Å². The topological polar surface area (TPSA) is 19.4 Å². The number of likely N-dealkylation sites (tertiary alicyclic amines) is 1. The number of pyridine rings is 1. The van der Waals surface area contributed by atoms with Crippen LogP contribution in [0, 0.1) is 5.92 Å². The van der Waals surface area contributed by atoms with Crippen LogP contribution in [-0.2, 0) is 12.8 Å². The van der Waals surface area contributed by atoms with Gasteiger partial charge >= 0.3 is 0 Å². The molecule has 26 heavy (non-hydrogen) atoms. The Kier molecular flexibility index (Phi) is 5.54. The number of hydrogen-bond donors (Lipinski definition) is 0. The summed E-state index contributed by atoms with van der Waals surface area (Å²) >= 11 is 0. The molecule has 1 aromatic heterocycles. The van der Waals surface area contributed by atoms with Crippen LogP contribution < -0.4 is 4.90 Å². The van der Waals surface area contributed by atoms with Crippen LogP contribution in [0.1, 0.15) is 43.7 Å². The van der Waals surface area contributed by atoms with Crippen molar-refractivity contribution in [3.8, 4) is 0 Å². The van der Waals surface area contributed by atoms with Gasteiger partial charge in [0.05, 0.1) is 0 Å². The molecule has 3 nitrogen and oxygen atoms in total. The molecule has 0 aliphatic carbocycles. The molecule has 2 aromatic rings. The van der Waals surface area contributed by atoms with Gasteiger partial charge in [-0.3, -0.25) is 0 Å². The molecular weight excluding hydrogens is 318 g/mol. The Morgan fingerprint density at radius 1 is 1.00 bits per heavy atom. The van der Waals surface area contributed by atoms with E-state index < -0.39 is 0 Å². The standard InChI is InChI=1S/C23H31N3/c1-2-3-15-25-16-12-19(13-17-25)18-26-22-9-5-4-7-20(22)10-11-21-8-6-14-24-23(21)26/h4-9,14,19H,2-3,10-13,15-18H2,1H3. The largest absolute Gasteiger partial charge is 0.326 e. The molecule has 0 N–H and O–H groups in total. The summed E-state index contributed by atoms with van der Waals surface area (Å²) in [5.41, 5.74) is 4.23. The Morgan fingerprint density at radius 3 is 2.62 bits per heavy atom. The molecule has 2 aliphatic heterocycles. The van der Waals surface area contributed by atoms with E-state index >= 15 is 0 Å². The van der Waals surface area contributed by atoms with Crippen molar-refractivity contribution in [3.63, 3.8) is 0 Å². The first-order valence-electron chi connectivity index (χ1n) is 10.4. The number of nitrogens with zero attached hydrogens (tertiary/aromatic N) is 3. The van der Waals surface area contributed by atoms with E-state index in [4.69, 9.17) is 4.98 Å². The SMILES string of the molecule is CCCCN1CCC(CN2c3ccccc3CCc3cccnc32)CC1. The van der Waals surface area contributed by atoms with E-state index in [1.54, 1.807) is 0 Å². The van der Waals surface area contributed by atoms with Gasteiger partial charge in [-0.05, 0) is 80.9 Å². The lowest BCUT2D eigenvalue weighted by atomic mass is 9.95. The highest BCUT2D eigenvalue weighted by Crippen LogP contribution is 2.36. The molecule has 3 heterocycles. The third-order valence-corrected chi connectivity index (χ3v) is 6.05. The van der Waals surface area contributed by atoms with Crippen molar-refractivity contribution < 1.29 is 0 Å². The highest BCUT2D eigenvalue weighted by molar-refractivity contribution is 5.68. The fourth-order valence-electron chi connectivity index (χ4n) is 4.45. The Labute approximate surface area is 158 Å². The summed E-state index contributed by atoms with van der Waals surface area (Å²) in [5, 5.41) is 0. The van der Waals surface area contributed by atoms with Gasteiger partial charge in [-0.1, -0.05) is 37.6 Å². The summed E-state index contributed by atoms with van der Waals surface area (Å²) in [6.45, 7) is 7.18. The molecule has 0 amide bonds. The fourth-order valence-corrected chi connectivity index (χ4v) is 4.45. The molecule has 0 atom stereocenters. The normalized spacial score (nSPS) is 18.3. The predicted octanol–water partition coefficient (Wildman–Crippen LogP) is 4.83. The van der Waals surface area contributed by atoms with Gasteiger partial charge in [-0.25, -0.2) is 4.98 Å². The molecule has 4 rings (SSSR count). The number of fused-ring (bicyclic) bond motifs is 2. The van der Waals surface area contributed by atoms with Gasteiger partial charge in [0.1, 0.15) is 5.82 Å². The second kappa shape index (κ2) is 8.22. The molecule has 138 valence electrons. The molecule has 2 aliphatic rings. The first-order valence-corrected chi connectivity index (χ1v) is 10.4. The van der Waals surface area contributed by atoms with Gasteiger partial charge < -0.3 is 9.80 Å². The molecular formula is C23H31N3. The summed E-state index contributed by atoms with van der Waals surface area (Å²) in [7, 11) is 0. The van der Waals surface area contributed by atoms with Crippen LogP contribution in [-0.4, -0.2) is 36.1 Å². The van der Waals surface area contributed by atoms with Crippen molar-refractivity contribution >= 4 is 11.5 Å². The van der Waals surface area contributed by atoms with E-state index in [0.29, 0.717) is 0 Å². The molecule has 0 saturated carbocycles. The molecule has 0 bridgehead atoms. The number of para-hydroxylation sites is 1. The zero-order valence-electron chi connectivity index (χ0n) is 16.0. The third kappa shape index (κ3) is 3.78. The number of aromatic nitrogens is 1. The predicted molar refractivity (Wildman–Crippen MR) is 109 cm³/mol. The van der Waals surface area contributed by atoms with E-state index in [2.05, 4.69) is 53.1 Å². The van der Waals surface area contributed by atoms with Crippen LogP contribution in [0.2, 0.25) is 0 Å². The van der Waals surface area contributed by atoms with E-state index in [-0.39, 0.29) is 0 Å². The molecule has 1 aromatic carbocycles. The Morgan fingerprint density at radius 2 is 1.77 bits per heavy atom. The van der Waals surface area contributed by atoms with Crippen molar-refractivity contribution in [2.45, 2.75) is 45.4 Å². The van der Waals surface area contributed by atoms with Gasteiger partial charge in [-0.15, -0.1) is 0 Å². The highest BCUT2D eigenvalue weighted by atomic mass is 15.2. The summed E-state index contributed by atoms with van der Waals surface area (Å²) in [5.74, 6) is 1.94. The zero-order chi connectivity index (χ0) is 17.8. The maximum absolute atomic E-state index is 4.80. The van der Waals surface area contributed by atoms with Crippen LogP contribution in [0.5, 0.6) is 0 Å². The van der Waals surface area contributed by atoms with Gasteiger partial charge in [0.25, 0.3) is 0 Å². The second-order valence-electron chi connectivity index (χ2n) is 7.86. The van der Waals surface area contributed by atoms with E-state index in [1.165, 1.54) is 67.9 Å². The number of piperidine rings is 1. The summed E-state index contributed by atoms with van der Waals surface area (Å²) in [4.78, 5) is 9.97. The first kappa shape index (κ1) is 17.5. The Bertz CT molecular complexity index is 671. The van der Waals surface area contributed by atoms with E-state index in [9.17, 15) is 0 Å². The van der Waals surface area contributed by atoms with Crippen molar-refractivity contribution in [1.82, 2.24) is 9.88 Å². The minimum atomic E-state index is 0.758. The lowest BCUT2D eigenvalue weighted by molar-refractivity contribution is 0.185. The van der Waals surface area contributed by atoms with Crippen LogP contribution in [0.3, 0.4) is 0 Å². The Balaban J connectivity index is 1.53. The summed E-state index contributed by atoms with van der Waals surface area (Å²) < 4.78 is 0. The zero-order valence-corrected chi connectivity index (χ0v) is 16.0. The molecule has 0 radical (unpaired) electrons. The number of unbranched alkanes of at least 4 members (excludes halogenated alkanes) is 1. The third-order valence-electron chi connectivity index (χ3n) is 6.05. The van der Waals surface area contributed by atoms with E-state index in [1.807, 2.05) is 6.20 Å². The van der Waals surface area contributed by atoms with Crippen LogP contribution in [0.25, 0.3) is 0 Å². The Hall–Kier alpha value is -1.87. The molecule has 0 spiro atoms. The number of benzene rings is 1. The van der Waals surface area contributed by atoms with Gasteiger partial charge in [0.15, 0.2) is 0 Å². The molecule has 0 unspecified atom stereocenters. The smallest absolute Gasteiger partial charge is 0.136 e. The van der Waals surface area contributed by atoms with Crippen molar-refractivity contribution in [2.24, 2.45) is 5.92 Å². The van der Waals surface area contributed by atoms with Gasteiger partial charge in [0, 0.05) is 18.4 Å². The number of rotatable bonds is 5. The van der Waals surface area contributed by atoms with Gasteiger partial charge in [-0.2, -0.15) is 0 Å². The maximum atomic E-state index is 4.80. The number of aryl methyl sites for hydroxylation is 2. The lowest BCUT2D eigenvalue weighted by Crippen LogP contribution is -2.38. The minimum absolute atomic E-state index is 0.758. The van der Waals surface area contributed by atoms with Crippen LogP contribution >= 0.6 is 0 Å². The van der Waals surface area contributed by atoms with Crippen molar-refractivity contribution in [1.29, 1.82) is 0 Å². The average Bonchev–Trinajstić information content (AvgIpc) is 2.85. The number of hydrogen-bond acceptors (Lipinski definition) is 3. The highest BCUT2D eigenvalue weighted by Gasteiger charge is 2.26. The molecule has 1 fully saturated rings. The second-order valence-corrected chi connectivity index (χ2v) is 7.86. The average molecular weight is 350 g/mol. The van der Waals surface area contributed by atoms with Crippen LogP contribution in [0.4, 0.5) is 11.5 Å². The first-order chi connectivity index (χ1) is 12.8. The van der Waals surface area contributed by atoms with Crippen LogP contribution in [0.15, 0.2) is 42.6 Å². The quantitative estimate of drug-likeness (QED) is 0.771.